The van der Waals surface area contributed by atoms with Crippen LogP contribution in [0.4, 0.5) is 0 Å². The molecule has 0 bridgehead atoms. The molecule has 24 heavy (non-hydrogen) atoms. The van der Waals surface area contributed by atoms with E-state index in [1.807, 2.05) is 15.6 Å². The molecule has 1 amide bonds. The number of nitrogens with zero attached hydrogens (tertiary/aromatic N) is 3. The van der Waals surface area contributed by atoms with Crippen molar-refractivity contribution >= 4 is 15.9 Å². The lowest BCUT2D eigenvalue weighted by atomic mass is 9.84. The van der Waals surface area contributed by atoms with Gasteiger partial charge in [0.2, 0.25) is 15.9 Å². The summed E-state index contributed by atoms with van der Waals surface area (Å²) in [6, 6.07) is 1.91. The van der Waals surface area contributed by atoms with Crippen LogP contribution in [0.1, 0.15) is 50.9 Å². The van der Waals surface area contributed by atoms with E-state index >= 15 is 0 Å². The zero-order valence-electron chi connectivity index (χ0n) is 14.4. The zero-order chi connectivity index (χ0) is 17.3. The summed E-state index contributed by atoms with van der Waals surface area (Å²) in [5, 5.41) is 4.03. The van der Waals surface area contributed by atoms with Crippen LogP contribution in [0.2, 0.25) is 0 Å². The number of carbonyl (C=O) groups is 1. The molecule has 2 heterocycles. The average molecular weight is 354 g/mol. The van der Waals surface area contributed by atoms with Gasteiger partial charge in [-0.05, 0) is 39.2 Å². The fourth-order valence-corrected chi connectivity index (χ4v) is 3.73. The van der Waals surface area contributed by atoms with Crippen molar-refractivity contribution in [2.24, 2.45) is 5.92 Å². The Bertz CT molecular complexity index is 707. The van der Waals surface area contributed by atoms with Gasteiger partial charge in [-0.3, -0.25) is 9.48 Å². The van der Waals surface area contributed by atoms with E-state index in [1.54, 1.807) is 13.8 Å². The van der Waals surface area contributed by atoms with E-state index in [-0.39, 0.29) is 18.4 Å². The molecule has 0 atom stereocenters. The average Bonchev–Trinajstić information content (AvgIpc) is 2.74. The molecule has 0 saturated heterocycles. The molecule has 0 unspecified atom stereocenters. The van der Waals surface area contributed by atoms with Crippen molar-refractivity contribution in [3.05, 3.63) is 17.5 Å². The summed E-state index contributed by atoms with van der Waals surface area (Å²) < 4.78 is 28.2. The van der Waals surface area contributed by atoms with Crippen LogP contribution >= 0.6 is 0 Å². The molecular formula is C16H26N4O3S. The van der Waals surface area contributed by atoms with Gasteiger partial charge >= 0.3 is 0 Å². The Hall–Kier alpha value is -1.41. The molecular weight excluding hydrogens is 328 g/mol. The third-order valence-corrected chi connectivity index (χ3v) is 6.69. The van der Waals surface area contributed by atoms with Gasteiger partial charge in [-0.25, -0.2) is 13.1 Å². The quantitative estimate of drug-likeness (QED) is 0.862. The summed E-state index contributed by atoms with van der Waals surface area (Å²) in [5.41, 5.74) is 1.69. The molecule has 1 fully saturated rings. The number of sulfonamides is 1. The maximum absolute atomic E-state index is 12.5. The topological polar surface area (TPSA) is 84.3 Å². The van der Waals surface area contributed by atoms with Crippen molar-refractivity contribution in [3.63, 3.8) is 0 Å². The summed E-state index contributed by atoms with van der Waals surface area (Å²) in [6.07, 6.45) is 4.06. The largest absolute Gasteiger partial charge is 0.337 e. The highest BCUT2D eigenvalue weighted by Crippen LogP contribution is 2.29. The first kappa shape index (κ1) is 17.4. The van der Waals surface area contributed by atoms with Gasteiger partial charge in [-0.15, -0.1) is 0 Å². The minimum absolute atomic E-state index is 0.192. The number of fused-ring (bicyclic) bond motifs is 1. The normalized spacial score (nSPS) is 19.0. The third kappa shape index (κ3) is 3.64. The molecule has 1 saturated carbocycles. The van der Waals surface area contributed by atoms with E-state index in [9.17, 15) is 13.2 Å². The number of aromatic nitrogens is 2. The molecule has 1 N–H and O–H groups in total. The molecule has 0 radical (unpaired) electrons. The van der Waals surface area contributed by atoms with E-state index in [4.69, 9.17) is 0 Å². The first-order valence-corrected chi connectivity index (χ1v) is 10.2. The number of amides is 1. The second kappa shape index (κ2) is 6.84. The molecule has 0 spiro atoms. The Morgan fingerprint density at radius 3 is 2.71 bits per heavy atom. The first-order chi connectivity index (χ1) is 11.4. The smallest absolute Gasteiger partial charge is 0.226 e. The number of rotatable bonds is 5. The van der Waals surface area contributed by atoms with Crippen molar-refractivity contribution in [2.45, 2.75) is 64.4 Å². The molecule has 0 aromatic carbocycles. The standard InChI is InChI=1S/C16H26N4O3S/c1-12(2)24(22,23)17-10-14-9-15-11-19(7-4-8-20(15)18-14)16(21)13-5-3-6-13/h9,12-13,17H,3-8,10-11H2,1-2H3. The van der Waals surface area contributed by atoms with Gasteiger partial charge in [0.05, 0.1) is 29.7 Å². The Labute approximate surface area is 143 Å². The van der Waals surface area contributed by atoms with Crippen LogP contribution in [0, 0.1) is 5.92 Å². The molecule has 8 heteroatoms. The lowest BCUT2D eigenvalue weighted by Gasteiger charge is -2.30. The van der Waals surface area contributed by atoms with Gasteiger partial charge < -0.3 is 4.90 Å². The maximum Gasteiger partial charge on any atom is 0.226 e. The first-order valence-electron chi connectivity index (χ1n) is 8.69. The van der Waals surface area contributed by atoms with Crippen molar-refractivity contribution < 1.29 is 13.2 Å². The number of carbonyl (C=O) groups excluding carboxylic acids is 1. The van der Waals surface area contributed by atoms with Crippen LogP contribution in [0.25, 0.3) is 0 Å². The fourth-order valence-electron chi connectivity index (χ4n) is 3.05. The summed E-state index contributed by atoms with van der Waals surface area (Å²) >= 11 is 0. The maximum atomic E-state index is 12.5. The van der Waals surface area contributed by atoms with E-state index in [1.165, 1.54) is 0 Å². The fraction of sp³-hybridized carbons (Fsp3) is 0.750. The van der Waals surface area contributed by atoms with Crippen LogP contribution in [0.15, 0.2) is 6.07 Å². The molecule has 2 aliphatic rings. The number of aryl methyl sites for hydroxylation is 1. The van der Waals surface area contributed by atoms with E-state index < -0.39 is 15.3 Å². The Morgan fingerprint density at radius 2 is 2.08 bits per heavy atom. The van der Waals surface area contributed by atoms with Gasteiger partial charge in [-0.2, -0.15) is 5.10 Å². The minimum Gasteiger partial charge on any atom is -0.337 e. The van der Waals surface area contributed by atoms with Crippen molar-refractivity contribution in [3.8, 4) is 0 Å². The van der Waals surface area contributed by atoms with Crippen molar-refractivity contribution in [1.29, 1.82) is 0 Å². The number of nitrogens with one attached hydrogen (secondary N) is 1. The van der Waals surface area contributed by atoms with Crippen LogP contribution in [0.5, 0.6) is 0 Å². The highest BCUT2D eigenvalue weighted by atomic mass is 32.2. The van der Waals surface area contributed by atoms with Gasteiger partial charge in [-0.1, -0.05) is 6.42 Å². The zero-order valence-corrected chi connectivity index (χ0v) is 15.2. The summed E-state index contributed by atoms with van der Waals surface area (Å²) in [6.45, 7) is 5.59. The molecule has 1 aliphatic carbocycles. The molecule has 1 aliphatic heterocycles. The van der Waals surface area contributed by atoms with Gasteiger partial charge in [0.15, 0.2) is 0 Å². The van der Waals surface area contributed by atoms with Crippen LogP contribution in [0.3, 0.4) is 0 Å². The van der Waals surface area contributed by atoms with Crippen LogP contribution < -0.4 is 4.72 Å². The Kier molecular flexibility index (Phi) is 4.96. The van der Waals surface area contributed by atoms with E-state index in [2.05, 4.69) is 9.82 Å². The van der Waals surface area contributed by atoms with Crippen LogP contribution in [-0.2, 0) is 34.5 Å². The van der Waals surface area contributed by atoms with E-state index in [0.717, 1.165) is 44.5 Å². The molecule has 1 aromatic heterocycles. The van der Waals surface area contributed by atoms with Gasteiger partial charge in [0.1, 0.15) is 0 Å². The summed E-state index contributed by atoms with van der Waals surface area (Å²) in [7, 11) is -3.30. The predicted molar refractivity (Wildman–Crippen MR) is 90.5 cm³/mol. The monoisotopic (exact) mass is 354 g/mol. The summed E-state index contributed by atoms with van der Waals surface area (Å²) in [5.74, 6) is 0.467. The SMILES string of the molecule is CC(C)S(=O)(=O)NCc1cc2n(n1)CCCN(C(=O)C1CCC1)C2. The predicted octanol–water partition coefficient (Wildman–Crippen LogP) is 1.24. The second-order valence-electron chi connectivity index (χ2n) is 7.01. The minimum atomic E-state index is -3.30. The molecule has 1 aromatic rings. The van der Waals surface area contributed by atoms with Gasteiger partial charge in [0.25, 0.3) is 0 Å². The van der Waals surface area contributed by atoms with Crippen molar-refractivity contribution in [2.75, 3.05) is 6.54 Å². The lowest BCUT2D eigenvalue weighted by Crippen LogP contribution is -2.38. The Morgan fingerprint density at radius 1 is 1.33 bits per heavy atom. The molecule has 134 valence electrons. The van der Waals surface area contributed by atoms with Crippen LogP contribution in [-0.4, -0.2) is 40.8 Å². The number of hydrogen-bond acceptors (Lipinski definition) is 4. The van der Waals surface area contributed by atoms with Gasteiger partial charge in [0, 0.05) is 19.0 Å². The molecule has 3 rings (SSSR count). The highest BCUT2D eigenvalue weighted by molar-refractivity contribution is 7.90. The summed E-state index contributed by atoms with van der Waals surface area (Å²) in [4.78, 5) is 14.4. The van der Waals surface area contributed by atoms with Crippen molar-refractivity contribution in [1.82, 2.24) is 19.4 Å². The highest BCUT2D eigenvalue weighted by Gasteiger charge is 2.30. The van der Waals surface area contributed by atoms with E-state index in [0.29, 0.717) is 12.2 Å². The lowest BCUT2D eigenvalue weighted by molar-refractivity contribution is -0.138. The second-order valence-corrected chi connectivity index (χ2v) is 9.33. The Balaban J connectivity index is 1.67. The molecule has 7 nitrogen and oxygen atoms in total. The number of hydrogen-bond donors (Lipinski definition) is 1. The third-order valence-electron chi connectivity index (χ3n) is 4.91.